The van der Waals surface area contributed by atoms with Gasteiger partial charge in [-0.3, -0.25) is 4.99 Å². The van der Waals surface area contributed by atoms with Gasteiger partial charge in [-0.25, -0.2) is 0 Å². The number of benzene rings is 1. The van der Waals surface area contributed by atoms with Crippen LogP contribution in [0.4, 0.5) is 0 Å². The molecular weight excluding hydrogens is 437 g/mol. The van der Waals surface area contributed by atoms with Crippen molar-refractivity contribution in [2.45, 2.75) is 12.5 Å². The Labute approximate surface area is 208 Å². The van der Waals surface area contributed by atoms with Crippen molar-refractivity contribution in [2.24, 2.45) is 4.99 Å². The van der Waals surface area contributed by atoms with Crippen LogP contribution >= 0.6 is 11.8 Å². The van der Waals surface area contributed by atoms with Gasteiger partial charge in [0.15, 0.2) is 0 Å². The Morgan fingerprint density at radius 2 is 1.68 bits per heavy atom. The van der Waals surface area contributed by atoms with Gasteiger partial charge in [0.05, 0.1) is 52.2 Å². The standard InChI is InChI=1S/C20H29NO8S.Na/c1-20(19(23)24)14-30-18(21-20)16-4-3-15(13-17(16)22)29-12-11-28-10-9-27-8-7-26-6-5-25-2;/h3-4,13,22H,5-12,14H2,1-2H3,(H,23,24);/q;+1/p-1/t20-;/m1./s1. The third-order valence-corrected chi connectivity index (χ3v) is 5.44. The van der Waals surface area contributed by atoms with Crippen LogP contribution in [0.2, 0.25) is 0 Å². The third kappa shape index (κ3) is 9.67. The molecule has 1 aromatic rings. The van der Waals surface area contributed by atoms with E-state index in [0.717, 1.165) is 0 Å². The molecule has 1 aliphatic rings. The number of aliphatic carboxylic acids is 1. The maximum absolute atomic E-state index is 11.2. The van der Waals surface area contributed by atoms with Crippen molar-refractivity contribution in [1.82, 2.24) is 0 Å². The maximum atomic E-state index is 11.2. The van der Waals surface area contributed by atoms with E-state index in [2.05, 4.69) is 4.99 Å². The largest absolute Gasteiger partial charge is 1.00 e. The minimum absolute atomic E-state index is 0. The Balaban J connectivity index is 0.00000480. The van der Waals surface area contributed by atoms with Gasteiger partial charge in [0, 0.05) is 24.5 Å². The third-order valence-electron chi connectivity index (χ3n) is 4.15. The topological polar surface area (TPSA) is 119 Å². The van der Waals surface area contributed by atoms with Crippen LogP contribution in [0, 0.1) is 0 Å². The molecule has 168 valence electrons. The van der Waals surface area contributed by atoms with Gasteiger partial charge in [-0.2, -0.15) is 0 Å². The first kappa shape index (κ1) is 28.2. The zero-order chi connectivity index (χ0) is 21.8. The summed E-state index contributed by atoms with van der Waals surface area (Å²) in [6.45, 7) is 5.24. The molecule has 0 fully saturated rings. The predicted molar refractivity (Wildman–Crippen MR) is 110 cm³/mol. The predicted octanol–water partition coefficient (Wildman–Crippen LogP) is -2.53. The van der Waals surface area contributed by atoms with E-state index in [1.54, 1.807) is 19.2 Å². The SMILES string of the molecule is COCCOCCOCCOCCOc1ccc(C2=N[C@@](C)(C(=O)[O-])CS2)c(O)c1.[Na+]. The van der Waals surface area contributed by atoms with Crippen LogP contribution in [0.5, 0.6) is 11.5 Å². The van der Waals surface area contributed by atoms with Crippen LogP contribution in [0.1, 0.15) is 12.5 Å². The summed E-state index contributed by atoms with van der Waals surface area (Å²) in [6.07, 6.45) is 0. The van der Waals surface area contributed by atoms with E-state index in [9.17, 15) is 15.0 Å². The molecular formula is C20H28NNaO8S. The first-order valence-corrected chi connectivity index (χ1v) is 10.6. The number of carbonyl (C=O) groups excluding carboxylic acids is 1. The number of methoxy groups -OCH3 is 1. The number of hydrogen-bond donors (Lipinski definition) is 1. The van der Waals surface area contributed by atoms with E-state index in [4.69, 9.17) is 23.7 Å². The Morgan fingerprint density at radius 1 is 1.10 bits per heavy atom. The first-order chi connectivity index (χ1) is 14.5. The van der Waals surface area contributed by atoms with Crippen LogP contribution in [0.15, 0.2) is 23.2 Å². The van der Waals surface area contributed by atoms with Crippen molar-refractivity contribution in [3.8, 4) is 11.5 Å². The summed E-state index contributed by atoms with van der Waals surface area (Å²) in [5.41, 5.74) is -0.809. The molecule has 0 unspecified atom stereocenters. The summed E-state index contributed by atoms with van der Waals surface area (Å²) in [7, 11) is 1.62. The monoisotopic (exact) mass is 465 g/mol. The van der Waals surface area contributed by atoms with E-state index < -0.39 is 11.5 Å². The zero-order valence-electron chi connectivity index (χ0n) is 18.3. The minimum atomic E-state index is -1.28. The molecule has 1 aromatic carbocycles. The number of phenolic OH excluding ortho intramolecular Hbond substituents is 1. The number of rotatable bonds is 15. The number of thioether (sulfide) groups is 1. The van der Waals surface area contributed by atoms with E-state index in [1.165, 1.54) is 24.8 Å². The fourth-order valence-electron chi connectivity index (χ4n) is 2.42. The van der Waals surface area contributed by atoms with Crippen LogP contribution < -0.4 is 39.4 Å². The average molecular weight is 466 g/mol. The van der Waals surface area contributed by atoms with Crippen LogP contribution in [-0.2, 0) is 23.7 Å². The van der Waals surface area contributed by atoms with Gasteiger partial charge in [0.2, 0.25) is 0 Å². The fourth-order valence-corrected chi connectivity index (χ4v) is 3.62. The molecule has 0 aromatic heterocycles. The Kier molecular flexibility index (Phi) is 13.7. The van der Waals surface area contributed by atoms with Gasteiger partial charge in [-0.15, -0.1) is 11.8 Å². The molecule has 0 amide bonds. The van der Waals surface area contributed by atoms with Crippen molar-refractivity contribution in [3.63, 3.8) is 0 Å². The van der Waals surface area contributed by atoms with Crippen LogP contribution in [-0.4, -0.2) is 87.4 Å². The first-order valence-electron chi connectivity index (χ1n) is 9.59. The van der Waals surface area contributed by atoms with Crippen molar-refractivity contribution in [1.29, 1.82) is 0 Å². The van der Waals surface area contributed by atoms with Gasteiger partial charge in [-0.1, -0.05) is 0 Å². The van der Waals surface area contributed by atoms with Gasteiger partial charge in [0.1, 0.15) is 28.7 Å². The Morgan fingerprint density at radius 3 is 2.19 bits per heavy atom. The summed E-state index contributed by atoms with van der Waals surface area (Å²) in [5, 5.41) is 21.9. The molecule has 0 saturated carbocycles. The summed E-state index contributed by atoms with van der Waals surface area (Å²) < 4.78 is 26.5. The number of carboxylic acids is 1. The van der Waals surface area contributed by atoms with E-state index in [-0.39, 0.29) is 41.1 Å². The second-order valence-electron chi connectivity index (χ2n) is 6.62. The molecule has 1 aliphatic heterocycles. The number of carbonyl (C=O) groups is 1. The molecule has 0 saturated heterocycles. The Hall–Kier alpha value is -0.850. The summed E-state index contributed by atoms with van der Waals surface area (Å²) >= 11 is 1.27. The molecule has 0 bridgehead atoms. The van der Waals surface area contributed by atoms with Gasteiger partial charge >= 0.3 is 29.6 Å². The van der Waals surface area contributed by atoms with Crippen molar-refractivity contribution >= 4 is 22.8 Å². The smallest absolute Gasteiger partial charge is 0.547 e. The molecule has 0 spiro atoms. The zero-order valence-corrected chi connectivity index (χ0v) is 21.1. The van der Waals surface area contributed by atoms with Gasteiger partial charge in [-0.05, 0) is 19.1 Å². The van der Waals surface area contributed by atoms with E-state index in [1.807, 2.05) is 0 Å². The number of ether oxygens (including phenoxy) is 5. The molecule has 1 N–H and O–H groups in total. The Bertz CT molecular complexity index is 720. The molecule has 9 nitrogen and oxygen atoms in total. The molecule has 1 atom stereocenters. The number of aliphatic imine (C=N–C) groups is 1. The van der Waals surface area contributed by atoms with Gasteiger partial charge < -0.3 is 38.7 Å². The fraction of sp³-hybridized carbons (Fsp3) is 0.600. The molecule has 2 rings (SSSR count). The molecule has 31 heavy (non-hydrogen) atoms. The van der Waals surface area contributed by atoms with E-state index in [0.29, 0.717) is 69.2 Å². The molecule has 0 radical (unpaired) electrons. The normalized spacial score (nSPS) is 17.8. The number of aromatic hydroxyl groups is 1. The minimum Gasteiger partial charge on any atom is -0.547 e. The molecule has 0 aliphatic carbocycles. The molecule has 11 heteroatoms. The van der Waals surface area contributed by atoms with E-state index >= 15 is 0 Å². The average Bonchev–Trinajstić information content (AvgIpc) is 3.12. The summed E-state index contributed by atoms with van der Waals surface area (Å²) in [4.78, 5) is 15.4. The number of hydrogen-bond acceptors (Lipinski definition) is 10. The quantitative estimate of drug-likeness (QED) is 0.221. The second kappa shape index (κ2) is 15.1. The summed E-state index contributed by atoms with van der Waals surface area (Å²) in [6, 6.07) is 4.82. The molecule has 1 heterocycles. The van der Waals surface area contributed by atoms with Crippen molar-refractivity contribution in [3.05, 3.63) is 23.8 Å². The number of nitrogens with zero attached hydrogens (tertiary/aromatic N) is 1. The van der Waals surface area contributed by atoms with Gasteiger partial charge in [0.25, 0.3) is 0 Å². The van der Waals surface area contributed by atoms with Crippen molar-refractivity contribution in [2.75, 3.05) is 65.7 Å². The second-order valence-corrected chi connectivity index (χ2v) is 7.59. The maximum Gasteiger partial charge on any atom is 1.00 e. The van der Waals surface area contributed by atoms with Crippen LogP contribution in [0.3, 0.4) is 0 Å². The summed E-state index contributed by atoms with van der Waals surface area (Å²) in [5.74, 6) is -0.506. The van der Waals surface area contributed by atoms with Crippen LogP contribution in [0.25, 0.3) is 0 Å². The number of phenols is 1. The number of carboxylic acid groups (broad SMARTS) is 1. The van der Waals surface area contributed by atoms with Crippen molar-refractivity contribution < 1.29 is 68.2 Å².